The van der Waals surface area contributed by atoms with Gasteiger partial charge in [-0.3, -0.25) is 0 Å². The Labute approximate surface area is 109 Å². The van der Waals surface area contributed by atoms with E-state index in [0.717, 1.165) is 17.6 Å². The third-order valence-corrected chi connectivity index (χ3v) is 6.15. The zero-order valence-corrected chi connectivity index (χ0v) is 11.2. The third kappa shape index (κ3) is 2.77. The molecule has 5 heteroatoms. The molecule has 0 saturated carbocycles. The maximum Gasteiger partial charge on any atom is 0.163 e. The summed E-state index contributed by atoms with van der Waals surface area (Å²) in [5.74, 6) is 0.493. The lowest BCUT2D eigenvalue weighted by atomic mass is 10.0. The van der Waals surface area contributed by atoms with E-state index in [9.17, 15) is 8.78 Å². The van der Waals surface area contributed by atoms with Crippen molar-refractivity contribution in [3.63, 3.8) is 0 Å². The van der Waals surface area contributed by atoms with Gasteiger partial charge in [-0.15, -0.1) is 0 Å². The highest BCUT2D eigenvalue weighted by atomic mass is 32.2. The molecule has 1 fully saturated rings. The molecule has 1 nitrogen and oxygen atoms in total. The summed E-state index contributed by atoms with van der Waals surface area (Å²) < 4.78 is 26.8. The molecule has 1 aliphatic heterocycles. The van der Waals surface area contributed by atoms with Crippen LogP contribution >= 0.6 is 23.5 Å². The summed E-state index contributed by atoms with van der Waals surface area (Å²) in [4.78, 5) is 0. The van der Waals surface area contributed by atoms with Crippen molar-refractivity contribution in [1.82, 2.24) is 0 Å². The van der Waals surface area contributed by atoms with E-state index in [1.807, 2.05) is 11.8 Å². The molecule has 1 heterocycles. The fraction of sp³-hybridized carbons (Fsp3) is 0.500. The van der Waals surface area contributed by atoms with Gasteiger partial charge in [0.25, 0.3) is 0 Å². The van der Waals surface area contributed by atoms with Crippen LogP contribution in [-0.4, -0.2) is 22.0 Å². The van der Waals surface area contributed by atoms with Gasteiger partial charge in [0.2, 0.25) is 0 Å². The molecule has 1 aliphatic rings. The van der Waals surface area contributed by atoms with Gasteiger partial charge >= 0.3 is 0 Å². The Balaban J connectivity index is 2.23. The van der Waals surface area contributed by atoms with Gasteiger partial charge in [-0.2, -0.15) is 23.5 Å². The molecule has 17 heavy (non-hydrogen) atoms. The Morgan fingerprint density at radius 3 is 2.71 bits per heavy atom. The van der Waals surface area contributed by atoms with Crippen LogP contribution in [0.15, 0.2) is 18.2 Å². The zero-order chi connectivity index (χ0) is 12.4. The smallest absolute Gasteiger partial charge is 0.163 e. The lowest BCUT2D eigenvalue weighted by Crippen LogP contribution is -2.34. The molecular formula is C12H15F2NS2. The molecule has 2 N–H and O–H groups in total. The Hall–Kier alpha value is -0.260. The highest BCUT2D eigenvalue weighted by Crippen LogP contribution is 2.38. The molecule has 3 unspecified atom stereocenters. The van der Waals surface area contributed by atoms with Crippen molar-refractivity contribution in [2.45, 2.75) is 23.5 Å². The van der Waals surface area contributed by atoms with Gasteiger partial charge in [0.05, 0.1) is 0 Å². The lowest BCUT2D eigenvalue weighted by molar-refractivity contribution is 0.485. The van der Waals surface area contributed by atoms with Crippen LogP contribution in [0.2, 0.25) is 0 Å². The molecule has 0 aliphatic carbocycles. The van der Waals surface area contributed by atoms with E-state index in [-0.39, 0.29) is 10.8 Å². The summed E-state index contributed by atoms with van der Waals surface area (Å²) >= 11 is 3.60. The van der Waals surface area contributed by atoms with Crippen molar-refractivity contribution in [2.24, 2.45) is 5.73 Å². The van der Waals surface area contributed by atoms with Crippen molar-refractivity contribution < 1.29 is 8.78 Å². The number of hydrogen-bond acceptors (Lipinski definition) is 3. The Morgan fingerprint density at radius 2 is 2.00 bits per heavy atom. The molecule has 0 aromatic heterocycles. The average Bonchev–Trinajstić information content (AvgIpc) is 2.32. The molecule has 0 amide bonds. The third-order valence-electron chi connectivity index (χ3n) is 2.93. The van der Waals surface area contributed by atoms with Crippen molar-refractivity contribution >= 4 is 23.5 Å². The first-order valence-electron chi connectivity index (χ1n) is 5.54. The quantitative estimate of drug-likeness (QED) is 0.897. The van der Waals surface area contributed by atoms with Crippen LogP contribution in [0.4, 0.5) is 8.78 Å². The monoisotopic (exact) mass is 275 g/mol. The molecular weight excluding hydrogens is 260 g/mol. The molecule has 1 aromatic rings. The molecule has 0 bridgehead atoms. The van der Waals surface area contributed by atoms with Crippen LogP contribution in [0.3, 0.4) is 0 Å². The second-order valence-electron chi connectivity index (χ2n) is 4.08. The van der Waals surface area contributed by atoms with Crippen LogP contribution in [0.25, 0.3) is 0 Å². The summed E-state index contributed by atoms with van der Waals surface area (Å²) in [6.07, 6.45) is 0. The van der Waals surface area contributed by atoms with E-state index in [0.29, 0.717) is 5.25 Å². The molecule has 1 saturated heterocycles. The van der Waals surface area contributed by atoms with Gasteiger partial charge in [-0.1, -0.05) is 19.1 Å². The summed E-state index contributed by atoms with van der Waals surface area (Å²) in [6.45, 7) is 2.10. The molecule has 3 atom stereocenters. The zero-order valence-electron chi connectivity index (χ0n) is 9.53. The molecule has 2 rings (SSSR count). The minimum Gasteiger partial charge on any atom is -0.323 e. The van der Waals surface area contributed by atoms with Crippen molar-refractivity contribution in [3.8, 4) is 0 Å². The van der Waals surface area contributed by atoms with Crippen LogP contribution in [0, 0.1) is 11.6 Å². The van der Waals surface area contributed by atoms with Gasteiger partial charge in [0, 0.05) is 33.6 Å². The fourth-order valence-electron chi connectivity index (χ4n) is 2.00. The Morgan fingerprint density at radius 1 is 1.29 bits per heavy atom. The number of benzene rings is 1. The van der Waals surface area contributed by atoms with E-state index in [1.54, 1.807) is 17.8 Å². The average molecular weight is 275 g/mol. The van der Waals surface area contributed by atoms with Gasteiger partial charge in [-0.25, -0.2) is 8.78 Å². The van der Waals surface area contributed by atoms with E-state index in [1.165, 1.54) is 6.07 Å². The molecule has 1 aromatic carbocycles. The topological polar surface area (TPSA) is 26.0 Å². The molecule has 94 valence electrons. The highest BCUT2D eigenvalue weighted by molar-refractivity contribution is 8.07. The van der Waals surface area contributed by atoms with Crippen molar-refractivity contribution in [3.05, 3.63) is 35.4 Å². The summed E-state index contributed by atoms with van der Waals surface area (Å²) in [6, 6.07) is 3.77. The standard InChI is InChI=1S/C12H15F2NS2/c1-7-12(17-6-5-16-7)11(15)8-3-2-4-9(13)10(8)14/h2-4,7,11-12H,5-6,15H2,1H3. The number of nitrogens with two attached hydrogens (primary N) is 1. The second kappa shape index (κ2) is 5.59. The first kappa shape index (κ1) is 13.2. The van der Waals surface area contributed by atoms with Gasteiger partial charge in [-0.05, 0) is 6.07 Å². The number of rotatable bonds is 2. The minimum absolute atomic E-state index is 0.144. The predicted molar refractivity (Wildman–Crippen MR) is 71.5 cm³/mol. The summed E-state index contributed by atoms with van der Waals surface area (Å²) in [5, 5.41) is 0.511. The maximum atomic E-state index is 13.7. The fourth-order valence-corrected chi connectivity index (χ4v) is 4.87. The Bertz CT molecular complexity index is 400. The van der Waals surface area contributed by atoms with Crippen LogP contribution in [0.1, 0.15) is 18.5 Å². The van der Waals surface area contributed by atoms with Crippen LogP contribution in [0.5, 0.6) is 0 Å². The number of thioether (sulfide) groups is 2. The number of hydrogen-bond donors (Lipinski definition) is 1. The first-order valence-corrected chi connectivity index (χ1v) is 7.63. The van der Waals surface area contributed by atoms with E-state index < -0.39 is 17.7 Å². The van der Waals surface area contributed by atoms with Gasteiger partial charge in [0.15, 0.2) is 11.6 Å². The maximum absolute atomic E-state index is 13.7. The van der Waals surface area contributed by atoms with Crippen molar-refractivity contribution in [1.29, 1.82) is 0 Å². The van der Waals surface area contributed by atoms with E-state index >= 15 is 0 Å². The second-order valence-corrected chi connectivity index (χ2v) is 6.85. The molecule has 0 radical (unpaired) electrons. The van der Waals surface area contributed by atoms with E-state index in [2.05, 4.69) is 6.92 Å². The largest absolute Gasteiger partial charge is 0.323 e. The van der Waals surface area contributed by atoms with Gasteiger partial charge in [0.1, 0.15) is 0 Å². The van der Waals surface area contributed by atoms with Crippen LogP contribution in [-0.2, 0) is 0 Å². The van der Waals surface area contributed by atoms with Gasteiger partial charge < -0.3 is 5.73 Å². The van der Waals surface area contributed by atoms with Crippen molar-refractivity contribution in [2.75, 3.05) is 11.5 Å². The summed E-state index contributed by atoms with van der Waals surface area (Å²) in [5.41, 5.74) is 6.38. The normalized spacial score (nSPS) is 26.8. The van der Waals surface area contributed by atoms with Crippen LogP contribution < -0.4 is 5.73 Å². The SMILES string of the molecule is CC1SCCSC1C(N)c1cccc(F)c1F. The van der Waals surface area contributed by atoms with E-state index in [4.69, 9.17) is 5.73 Å². The summed E-state index contributed by atoms with van der Waals surface area (Å²) in [7, 11) is 0. The first-order chi connectivity index (χ1) is 8.11. The number of halogens is 2. The highest BCUT2D eigenvalue weighted by Gasteiger charge is 2.30. The predicted octanol–water partition coefficient (Wildman–Crippen LogP) is 3.20. The lowest BCUT2D eigenvalue weighted by Gasteiger charge is -2.32. The minimum atomic E-state index is -0.820. The molecule has 0 spiro atoms. The Kier molecular flexibility index (Phi) is 4.33.